The quantitative estimate of drug-likeness (QED) is 0.815. The van der Waals surface area contributed by atoms with Crippen molar-refractivity contribution in [2.75, 3.05) is 12.4 Å². The molecule has 86 valence electrons. The first-order chi connectivity index (χ1) is 8.25. The molecular weight excluding hydrogens is 216 g/mol. The van der Waals surface area contributed by atoms with E-state index in [0.717, 1.165) is 22.6 Å². The van der Waals surface area contributed by atoms with E-state index in [1.165, 1.54) is 0 Å². The molecule has 4 nitrogen and oxygen atoms in total. The normalized spacial score (nSPS) is 14.4. The fourth-order valence-electron chi connectivity index (χ4n) is 2.05. The fourth-order valence-corrected chi connectivity index (χ4v) is 2.05. The van der Waals surface area contributed by atoms with E-state index in [1.807, 2.05) is 30.3 Å². The van der Waals surface area contributed by atoms with E-state index in [0.29, 0.717) is 6.54 Å². The number of fused-ring (bicyclic) bond motifs is 1. The number of urea groups is 1. The third kappa shape index (κ3) is 1.58. The zero-order valence-electron chi connectivity index (χ0n) is 9.43. The molecule has 0 radical (unpaired) electrons. The van der Waals surface area contributed by atoms with Crippen LogP contribution in [0.3, 0.4) is 0 Å². The lowest BCUT2D eigenvalue weighted by Crippen LogP contribution is -2.35. The van der Waals surface area contributed by atoms with Gasteiger partial charge in [-0.1, -0.05) is 12.1 Å². The number of para-hydroxylation sites is 1. The molecule has 1 aromatic carbocycles. The van der Waals surface area contributed by atoms with Crippen molar-refractivity contribution >= 4 is 11.7 Å². The molecule has 2 amide bonds. The van der Waals surface area contributed by atoms with E-state index in [-0.39, 0.29) is 6.03 Å². The van der Waals surface area contributed by atoms with Crippen LogP contribution in [0.2, 0.25) is 0 Å². The summed E-state index contributed by atoms with van der Waals surface area (Å²) in [5.74, 6) is 0.770. The Hall–Kier alpha value is -2.23. The number of anilines is 1. The van der Waals surface area contributed by atoms with Crippen LogP contribution in [0.25, 0.3) is 11.3 Å². The average molecular weight is 228 g/mol. The second-order valence-electron chi connectivity index (χ2n) is 4.10. The van der Waals surface area contributed by atoms with Gasteiger partial charge in [-0.25, -0.2) is 4.79 Å². The summed E-state index contributed by atoms with van der Waals surface area (Å²) in [5, 5.41) is 2.89. The van der Waals surface area contributed by atoms with E-state index >= 15 is 0 Å². The maximum Gasteiger partial charge on any atom is 0.321 e. The van der Waals surface area contributed by atoms with Gasteiger partial charge in [-0.15, -0.1) is 0 Å². The summed E-state index contributed by atoms with van der Waals surface area (Å²) in [6, 6.07) is 9.57. The van der Waals surface area contributed by atoms with Gasteiger partial charge < -0.3 is 14.6 Å². The lowest BCUT2D eigenvalue weighted by molar-refractivity contribution is 0.218. The average Bonchev–Trinajstić information content (AvgIpc) is 2.83. The molecule has 1 aliphatic rings. The molecule has 4 heteroatoms. The summed E-state index contributed by atoms with van der Waals surface area (Å²) in [7, 11) is 1.78. The number of furan rings is 1. The monoisotopic (exact) mass is 228 g/mol. The molecule has 2 aromatic rings. The van der Waals surface area contributed by atoms with Crippen molar-refractivity contribution in [1.29, 1.82) is 0 Å². The molecule has 0 atom stereocenters. The molecule has 1 aliphatic heterocycles. The molecule has 2 heterocycles. The van der Waals surface area contributed by atoms with E-state index in [2.05, 4.69) is 5.32 Å². The Morgan fingerprint density at radius 1 is 1.29 bits per heavy atom. The standard InChI is InChI=1S/C13H12N2O2/c1-15-8-9-4-2-5-10(11-6-3-7-17-11)12(9)14-13(15)16/h2-7H,8H2,1H3,(H,14,16). The Balaban J connectivity index is 2.14. The number of rotatable bonds is 1. The number of carbonyl (C=O) groups is 1. The zero-order valence-corrected chi connectivity index (χ0v) is 9.43. The van der Waals surface area contributed by atoms with Crippen LogP contribution in [-0.2, 0) is 6.54 Å². The largest absolute Gasteiger partial charge is 0.464 e. The Morgan fingerprint density at radius 2 is 2.18 bits per heavy atom. The first-order valence-corrected chi connectivity index (χ1v) is 5.43. The predicted octanol–water partition coefficient (Wildman–Crippen LogP) is 2.92. The van der Waals surface area contributed by atoms with Gasteiger partial charge in [-0.3, -0.25) is 0 Å². The molecule has 3 rings (SSSR count). The number of hydrogen-bond acceptors (Lipinski definition) is 2. The van der Waals surface area contributed by atoms with Crippen molar-refractivity contribution in [1.82, 2.24) is 4.90 Å². The smallest absolute Gasteiger partial charge is 0.321 e. The van der Waals surface area contributed by atoms with Crippen molar-refractivity contribution in [3.8, 4) is 11.3 Å². The van der Waals surface area contributed by atoms with E-state index < -0.39 is 0 Å². The van der Waals surface area contributed by atoms with Crippen molar-refractivity contribution in [3.05, 3.63) is 42.2 Å². The Labute approximate surface area is 98.8 Å². The van der Waals surface area contributed by atoms with Gasteiger partial charge in [-0.05, 0) is 23.8 Å². The summed E-state index contributed by atoms with van der Waals surface area (Å²) in [5.41, 5.74) is 2.88. The molecule has 0 bridgehead atoms. The van der Waals surface area contributed by atoms with Gasteiger partial charge in [0.2, 0.25) is 0 Å². The Bertz CT molecular complexity index is 561. The highest BCUT2D eigenvalue weighted by atomic mass is 16.3. The Kier molecular flexibility index (Phi) is 2.14. The molecule has 0 saturated heterocycles. The zero-order chi connectivity index (χ0) is 11.8. The molecule has 0 spiro atoms. The molecular formula is C13H12N2O2. The number of nitrogens with zero attached hydrogens (tertiary/aromatic N) is 1. The van der Waals surface area contributed by atoms with E-state index in [1.54, 1.807) is 18.2 Å². The SMILES string of the molecule is CN1Cc2cccc(-c3ccco3)c2NC1=O. The number of nitrogens with one attached hydrogen (secondary N) is 1. The summed E-state index contributed by atoms with van der Waals surface area (Å²) >= 11 is 0. The van der Waals surface area contributed by atoms with Gasteiger partial charge in [0.25, 0.3) is 0 Å². The molecule has 0 unspecified atom stereocenters. The highest BCUT2D eigenvalue weighted by Crippen LogP contribution is 2.34. The number of carbonyl (C=O) groups excluding carboxylic acids is 1. The molecule has 1 aromatic heterocycles. The molecule has 17 heavy (non-hydrogen) atoms. The number of benzene rings is 1. The highest BCUT2D eigenvalue weighted by Gasteiger charge is 2.22. The molecule has 0 aliphatic carbocycles. The van der Waals surface area contributed by atoms with Gasteiger partial charge in [0, 0.05) is 19.2 Å². The van der Waals surface area contributed by atoms with Crippen molar-refractivity contribution in [3.63, 3.8) is 0 Å². The minimum Gasteiger partial charge on any atom is -0.464 e. The van der Waals surface area contributed by atoms with Crippen molar-refractivity contribution < 1.29 is 9.21 Å². The van der Waals surface area contributed by atoms with Gasteiger partial charge in [0.15, 0.2) is 0 Å². The van der Waals surface area contributed by atoms with Crippen LogP contribution < -0.4 is 5.32 Å². The summed E-state index contributed by atoms with van der Waals surface area (Å²) < 4.78 is 5.38. The third-order valence-electron chi connectivity index (χ3n) is 2.92. The van der Waals surface area contributed by atoms with Crippen LogP contribution >= 0.6 is 0 Å². The van der Waals surface area contributed by atoms with Crippen LogP contribution in [0.15, 0.2) is 41.0 Å². The molecule has 1 N–H and O–H groups in total. The molecule has 0 saturated carbocycles. The number of hydrogen-bond donors (Lipinski definition) is 1. The lowest BCUT2D eigenvalue weighted by Gasteiger charge is -2.27. The predicted molar refractivity (Wildman–Crippen MR) is 64.6 cm³/mol. The second-order valence-corrected chi connectivity index (χ2v) is 4.10. The van der Waals surface area contributed by atoms with Crippen LogP contribution in [-0.4, -0.2) is 18.0 Å². The van der Waals surface area contributed by atoms with Gasteiger partial charge in [0.05, 0.1) is 12.0 Å². The van der Waals surface area contributed by atoms with E-state index in [4.69, 9.17) is 4.42 Å². The van der Waals surface area contributed by atoms with Crippen LogP contribution in [0, 0.1) is 0 Å². The first kappa shape index (κ1) is 9.96. The Morgan fingerprint density at radius 3 is 2.94 bits per heavy atom. The minimum atomic E-state index is -0.0866. The maximum atomic E-state index is 11.7. The summed E-state index contributed by atoms with van der Waals surface area (Å²) in [4.78, 5) is 13.3. The van der Waals surface area contributed by atoms with Crippen LogP contribution in [0.1, 0.15) is 5.56 Å². The minimum absolute atomic E-state index is 0.0866. The van der Waals surface area contributed by atoms with Crippen molar-refractivity contribution in [2.45, 2.75) is 6.54 Å². The van der Waals surface area contributed by atoms with E-state index in [9.17, 15) is 4.79 Å². The summed E-state index contributed by atoms with van der Waals surface area (Å²) in [6.45, 7) is 0.621. The van der Waals surface area contributed by atoms with Gasteiger partial charge >= 0.3 is 6.03 Å². The fraction of sp³-hybridized carbons (Fsp3) is 0.154. The topological polar surface area (TPSA) is 45.5 Å². The second kappa shape index (κ2) is 3.66. The van der Waals surface area contributed by atoms with Gasteiger partial charge in [-0.2, -0.15) is 0 Å². The van der Waals surface area contributed by atoms with Crippen LogP contribution in [0.4, 0.5) is 10.5 Å². The third-order valence-corrected chi connectivity index (χ3v) is 2.92. The van der Waals surface area contributed by atoms with Crippen LogP contribution in [0.5, 0.6) is 0 Å². The summed E-state index contributed by atoms with van der Waals surface area (Å²) in [6.07, 6.45) is 1.63. The van der Waals surface area contributed by atoms with Gasteiger partial charge in [0.1, 0.15) is 5.76 Å². The first-order valence-electron chi connectivity index (χ1n) is 5.43. The highest BCUT2D eigenvalue weighted by molar-refractivity contribution is 5.97. The lowest BCUT2D eigenvalue weighted by atomic mass is 10.0. The maximum absolute atomic E-state index is 11.7. The molecule has 0 fully saturated rings. The number of amides is 2. The van der Waals surface area contributed by atoms with Crippen molar-refractivity contribution in [2.24, 2.45) is 0 Å².